The molecule has 0 fully saturated rings. The van der Waals surface area contributed by atoms with E-state index in [1.807, 2.05) is 6.07 Å². The molecule has 2 rings (SSSR count). The van der Waals surface area contributed by atoms with Gasteiger partial charge in [-0.25, -0.2) is 0 Å². The van der Waals surface area contributed by atoms with E-state index in [4.69, 9.17) is 0 Å². The van der Waals surface area contributed by atoms with Crippen molar-refractivity contribution in [2.24, 2.45) is 0 Å². The molecule has 0 radical (unpaired) electrons. The highest BCUT2D eigenvalue weighted by Gasteiger charge is 2.10. The highest BCUT2D eigenvalue weighted by atomic mass is 16.1. The average Bonchev–Trinajstić information content (AvgIpc) is 2.36. The molecule has 1 aromatic heterocycles. The molecule has 0 aliphatic carbocycles. The van der Waals surface area contributed by atoms with Crippen LogP contribution in [0.5, 0.6) is 0 Å². The molecule has 0 amide bonds. The van der Waals surface area contributed by atoms with Gasteiger partial charge in [-0.1, -0.05) is 12.5 Å². The molecule has 1 N–H and O–H groups in total. The molecule has 0 saturated carbocycles. The summed E-state index contributed by atoms with van der Waals surface area (Å²) >= 11 is 0. The van der Waals surface area contributed by atoms with Crippen molar-refractivity contribution >= 4 is 5.78 Å². The fraction of sp³-hybridized carbons (Fsp3) is 0.600. The molecule has 0 saturated heterocycles. The predicted molar refractivity (Wildman–Crippen MR) is 75.8 cm³/mol. The van der Waals surface area contributed by atoms with Gasteiger partial charge in [-0.05, 0) is 45.0 Å². The Balaban J connectivity index is 2.09. The van der Waals surface area contributed by atoms with Gasteiger partial charge in [0.05, 0.1) is 17.9 Å². The number of carbonyl (C=O) groups is 1. The van der Waals surface area contributed by atoms with Gasteiger partial charge < -0.3 is 5.32 Å². The van der Waals surface area contributed by atoms with Gasteiger partial charge in [-0.2, -0.15) is 0 Å². The second kappa shape index (κ2) is 7.36. The first-order valence-electron chi connectivity index (χ1n) is 7.11. The Labute approximate surface area is 115 Å². The van der Waals surface area contributed by atoms with Crippen LogP contribution in [0.15, 0.2) is 18.2 Å². The lowest BCUT2D eigenvalue weighted by atomic mass is 10.2. The summed E-state index contributed by atoms with van der Waals surface area (Å²) < 4.78 is 0. The summed E-state index contributed by atoms with van der Waals surface area (Å²) in [6.07, 6.45) is 3.55. The van der Waals surface area contributed by atoms with Crippen LogP contribution < -0.4 is 5.32 Å². The van der Waals surface area contributed by atoms with Crippen LogP contribution in [0, 0.1) is 0 Å². The van der Waals surface area contributed by atoms with Crippen LogP contribution in [-0.4, -0.2) is 35.3 Å². The Morgan fingerprint density at radius 2 is 2.16 bits per heavy atom. The number of fused-ring (bicyclic) bond motifs is 2. The number of nitrogens with zero attached hydrogens (tertiary/aromatic N) is 2. The molecule has 1 aromatic rings. The Morgan fingerprint density at radius 1 is 1.32 bits per heavy atom. The van der Waals surface area contributed by atoms with Gasteiger partial charge in [0.2, 0.25) is 0 Å². The van der Waals surface area contributed by atoms with Gasteiger partial charge in [-0.3, -0.25) is 14.7 Å². The van der Waals surface area contributed by atoms with Gasteiger partial charge in [0.15, 0.2) is 0 Å². The van der Waals surface area contributed by atoms with E-state index in [2.05, 4.69) is 27.3 Å². The number of hydrogen-bond acceptors (Lipinski definition) is 4. The SMILES string of the molecule is CC(=O)CN1CCCCCNCc2cccc(n2)C1. The van der Waals surface area contributed by atoms with E-state index in [0.29, 0.717) is 6.54 Å². The van der Waals surface area contributed by atoms with Gasteiger partial charge in [0.1, 0.15) is 5.78 Å². The van der Waals surface area contributed by atoms with E-state index < -0.39 is 0 Å². The first-order chi connectivity index (χ1) is 9.24. The number of rotatable bonds is 2. The molecule has 0 spiro atoms. The number of nitrogens with one attached hydrogen (secondary N) is 1. The third-order valence-corrected chi connectivity index (χ3v) is 3.33. The lowest BCUT2D eigenvalue weighted by molar-refractivity contribution is -0.118. The van der Waals surface area contributed by atoms with Crippen LogP contribution in [0.1, 0.15) is 37.6 Å². The third kappa shape index (κ3) is 5.09. The summed E-state index contributed by atoms with van der Waals surface area (Å²) in [5, 5.41) is 3.43. The van der Waals surface area contributed by atoms with E-state index in [-0.39, 0.29) is 5.78 Å². The zero-order valence-electron chi connectivity index (χ0n) is 11.7. The molecule has 0 atom stereocenters. The quantitative estimate of drug-likeness (QED) is 0.881. The Bertz CT molecular complexity index is 420. The highest BCUT2D eigenvalue weighted by Crippen LogP contribution is 2.07. The summed E-state index contributed by atoms with van der Waals surface area (Å²) in [4.78, 5) is 18.2. The summed E-state index contributed by atoms with van der Waals surface area (Å²) in [6.45, 7) is 5.81. The second-order valence-corrected chi connectivity index (χ2v) is 5.27. The minimum absolute atomic E-state index is 0.227. The molecule has 19 heavy (non-hydrogen) atoms. The fourth-order valence-corrected chi connectivity index (χ4v) is 2.45. The molecule has 1 aliphatic rings. The van der Waals surface area contributed by atoms with Crippen molar-refractivity contribution < 1.29 is 4.79 Å². The monoisotopic (exact) mass is 261 g/mol. The number of ketones is 1. The Hall–Kier alpha value is -1.26. The topological polar surface area (TPSA) is 45.2 Å². The average molecular weight is 261 g/mol. The van der Waals surface area contributed by atoms with Crippen LogP contribution in [0.4, 0.5) is 0 Å². The number of carbonyl (C=O) groups excluding carboxylic acids is 1. The van der Waals surface area contributed by atoms with Gasteiger partial charge in [0.25, 0.3) is 0 Å². The van der Waals surface area contributed by atoms with Crippen LogP contribution in [-0.2, 0) is 17.9 Å². The number of hydrogen-bond donors (Lipinski definition) is 1. The van der Waals surface area contributed by atoms with Gasteiger partial charge in [0, 0.05) is 13.1 Å². The first kappa shape index (κ1) is 14.2. The molecule has 0 aromatic carbocycles. The van der Waals surface area contributed by atoms with Gasteiger partial charge in [-0.15, -0.1) is 0 Å². The van der Waals surface area contributed by atoms with Crippen LogP contribution in [0.3, 0.4) is 0 Å². The third-order valence-electron chi connectivity index (χ3n) is 3.33. The lowest BCUT2D eigenvalue weighted by Crippen LogP contribution is -2.30. The molecule has 2 heterocycles. The van der Waals surface area contributed by atoms with Crippen molar-refractivity contribution in [2.75, 3.05) is 19.6 Å². The van der Waals surface area contributed by atoms with Crippen molar-refractivity contribution in [3.63, 3.8) is 0 Å². The lowest BCUT2D eigenvalue weighted by Gasteiger charge is -2.21. The van der Waals surface area contributed by atoms with E-state index in [9.17, 15) is 4.79 Å². The summed E-state index contributed by atoms with van der Waals surface area (Å²) in [5.74, 6) is 0.227. The second-order valence-electron chi connectivity index (χ2n) is 5.27. The van der Waals surface area contributed by atoms with E-state index >= 15 is 0 Å². The molecule has 104 valence electrons. The van der Waals surface area contributed by atoms with E-state index in [0.717, 1.165) is 44.0 Å². The van der Waals surface area contributed by atoms with Crippen molar-refractivity contribution in [1.29, 1.82) is 0 Å². The van der Waals surface area contributed by atoms with Crippen molar-refractivity contribution in [2.45, 2.75) is 39.3 Å². The zero-order chi connectivity index (χ0) is 13.5. The maximum atomic E-state index is 11.3. The first-order valence-corrected chi connectivity index (χ1v) is 7.11. The largest absolute Gasteiger partial charge is 0.311 e. The fourth-order valence-electron chi connectivity index (χ4n) is 2.45. The van der Waals surface area contributed by atoms with Crippen LogP contribution >= 0.6 is 0 Å². The van der Waals surface area contributed by atoms with Crippen molar-refractivity contribution in [1.82, 2.24) is 15.2 Å². The van der Waals surface area contributed by atoms with Crippen LogP contribution in [0.25, 0.3) is 0 Å². The number of Topliss-reactive ketones (excluding diaryl/α,β-unsaturated/α-hetero) is 1. The molecule has 4 heteroatoms. The highest BCUT2D eigenvalue weighted by molar-refractivity contribution is 5.77. The van der Waals surface area contributed by atoms with Crippen LogP contribution in [0.2, 0.25) is 0 Å². The van der Waals surface area contributed by atoms with Gasteiger partial charge >= 0.3 is 0 Å². The molecule has 1 aliphatic heterocycles. The predicted octanol–water partition coefficient (Wildman–Crippen LogP) is 1.75. The summed E-state index contributed by atoms with van der Waals surface area (Å²) in [7, 11) is 0. The number of pyridine rings is 1. The molecule has 0 unspecified atom stereocenters. The molecule has 2 bridgehead atoms. The van der Waals surface area contributed by atoms with E-state index in [1.54, 1.807) is 6.92 Å². The maximum absolute atomic E-state index is 11.3. The summed E-state index contributed by atoms with van der Waals surface area (Å²) in [5.41, 5.74) is 2.14. The minimum Gasteiger partial charge on any atom is -0.311 e. The smallest absolute Gasteiger partial charge is 0.143 e. The zero-order valence-corrected chi connectivity index (χ0v) is 11.7. The molecule has 4 nitrogen and oxygen atoms in total. The Kier molecular flexibility index (Phi) is 5.48. The minimum atomic E-state index is 0.227. The molecular weight excluding hydrogens is 238 g/mol. The Morgan fingerprint density at radius 3 is 3.00 bits per heavy atom. The van der Waals surface area contributed by atoms with Crippen molar-refractivity contribution in [3.05, 3.63) is 29.6 Å². The summed E-state index contributed by atoms with van der Waals surface area (Å²) in [6, 6.07) is 6.15. The van der Waals surface area contributed by atoms with Crippen molar-refractivity contribution in [3.8, 4) is 0 Å². The normalized spacial score (nSPS) is 18.4. The standard InChI is InChI=1S/C15H23N3O/c1-13(19)11-18-9-4-2-3-8-16-10-14-6-5-7-15(12-18)17-14/h5-7,16H,2-4,8-12H2,1H3. The van der Waals surface area contributed by atoms with E-state index in [1.165, 1.54) is 12.8 Å². The number of aromatic nitrogens is 1. The molecular formula is C15H23N3O. The maximum Gasteiger partial charge on any atom is 0.143 e.